The average Bonchev–Trinajstić information content (AvgIpc) is 3.04. The van der Waals surface area contributed by atoms with Crippen LogP contribution >= 0.6 is 11.3 Å². The second-order valence-corrected chi connectivity index (χ2v) is 5.70. The van der Waals surface area contributed by atoms with Gasteiger partial charge in [-0.3, -0.25) is 0 Å². The van der Waals surface area contributed by atoms with E-state index in [2.05, 4.69) is 20.8 Å². The van der Waals surface area contributed by atoms with Gasteiger partial charge >= 0.3 is 6.03 Å². The third kappa shape index (κ3) is 2.82. The van der Waals surface area contributed by atoms with E-state index >= 15 is 0 Å². The van der Waals surface area contributed by atoms with E-state index in [-0.39, 0.29) is 6.03 Å². The molecule has 1 unspecified atom stereocenters. The molecule has 0 aliphatic heterocycles. The van der Waals surface area contributed by atoms with Crippen LogP contribution in [0.3, 0.4) is 0 Å². The number of hydrogen-bond acceptors (Lipinski definition) is 5. The minimum absolute atomic E-state index is 0.293. The standard InChI is InChI=1S/C13H18N4O2S/c1-5-13(4,11-14-6-7-20-11)16-12(18)15-10-8(2)17-19-9(10)3/h6-7H,5H2,1-4H3,(H2,15,16,18). The van der Waals surface area contributed by atoms with Gasteiger partial charge in [0.15, 0.2) is 5.76 Å². The molecule has 0 aliphatic rings. The predicted molar refractivity (Wildman–Crippen MR) is 77.9 cm³/mol. The Morgan fingerprint density at radius 3 is 2.75 bits per heavy atom. The maximum absolute atomic E-state index is 12.2. The second kappa shape index (κ2) is 5.62. The van der Waals surface area contributed by atoms with Crippen molar-refractivity contribution in [3.8, 4) is 0 Å². The summed E-state index contributed by atoms with van der Waals surface area (Å²) in [5, 5.41) is 12.3. The van der Waals surface area contributed by atoms with Crippen LogP contribution in [0.4, 0.5) is 10.5 Å². The Labute approximate surface area is 121 Å². The number of aromatic nitrogens is 2. The van der Waals surface area contributed by atoms with Crippen LogP contribution in [0.2, 0.25) is 0 Å². The van der Waals surface area contributed by atoms with Crippen LogP contribution in [0.1, 0.15) is 36.7 Å². The van der Waals surface area contributed by atoms with Crippen LogP contribution in [0.25, 0.3) is 0 Å². The maximum Gasteiger partial charge on any atom is 0.320 e. The first-order chi connectivity index (χ1) is 9.46. The zero-order valence-corrected chi connectivity index (χ0v) is 12.8. The average molecular weight is 294 g/mol. The van der Waals surface area contributed by atoms with Gasteiger partial charge in [0.25, 0.3) is 0 Å². The summed E-state index contributed by atoms with van der Waals surface area (Å²) >= 11 is 1.53. The molecule has 2 aromatic rings. The summed E-state index contributed by atoms with van der Waals surface area (Å²) in [4.78, 5) is 16.5. The topological polar surface area (TPSA) is 80.0 Å². The minimum Gasteiger partial charge on any atom is -0.359 e. The number of nitrogens with zero attached hydrogens (tertiary/aromatic N) is 2. The van der Waals surface area contributed by atoms with Crippen LogP contribution in [0.5, 0.6) is 0 Å². The summed E-state index contributed by atoms with van der Waals surface area (Å²) < 4.78 is 5.02. The lowest BCUT2D eigenvalue weighted by Crippen LogP contribution is -2.45. The summed E-state index contributed by atoms with van der Waals surface area (Å²) in [5.41, 5.74) is 0.780. The molecule has 0 fully saturated rings. The highest BCUT2D eigenvalue weighted by atomic mass is 32.1. The van der Waals surface area contributed by atoms with Gasteiger partial charge in [0.05, 0.1) is 5.54 Å². The Morgan fingerprint density at radius 2 is 2.25 bits per heavy atom. The fourth-order valence-corrected chi connectivity index (χ4v) is 2.67. The lowest BCUT2D eigenvalue weighted by atomic mass is 10.0. The first-order valence-corrected chi connectivity index (χ1v) is 7.26. The summed E-state index contributed by atoms with van der Waals surface area (Å²) in [5.74, 6) is 0.588. The predicted octanol–water partition coefficient (Wildman–Crippen LogP) is 3.19. The van der Waals surface area contributed by atoms with Crippen molar-refractivity contribution >= 4 is 23.1 Å². The molecule has 6 nitrogen and oxygen atoms in total. The van der Waals surface area contributed by atoms with E-state index in [0.717, 1.165) is 11.4 Å². The molecule has 0 aromatic carbocycles. The summed E-state index contributed by atoms with van der Waals surface area (Å²) in [6, 6.07) is -0.293. The Bertz CT molecular complexity index is 574. The third-order valence-electron chi connectivity index (χ3n) is 3.27. The van der Waals surface area contributed by atoms with Gasteiger partial charge in [-0.1, -0.05) is 12.1 Å². The smallest absolute Gasteiger partial charge is 0.320 e. The molecule has 20 heavy (non-hydrogen) atoms. The zero-order chi connectivity index (χ0) is 14.8. The number of thiazole rings is 1. The molecular weight excluding hydrogens is 276 g/mol. The van der Waals surface area contributed by atoms with Gasteiger partial charge in [-0.05, 0) is 27.2 Å². The highest BCUT2D eigenvalue weighted by molar-refractivity contribution is 7.09. The van der Waals surface area contributed by atoms with Gasteiger partial charge in [-0.15, -0.1) is 11.3 Å². The van der Waals surface area contributed by atoms with Crippen LogP contribution in [0.15, 0.2) is 16.1 Å². The van der Waals surface area contributed by atoms with Crippen LogP contribution < -0.4 is 10.6 Å². The zero-order valence-electron chi connectivity index (χ0n) is 12.0. The van der Waals surface area contributed by atoms with Gasteiger partial charge in [-0.25, -0.2) is 9.78 Å². The number of anilines is 1. The van der Waals surface area contributed by atoms with E-state index in [0.29, 0.717) is 17.1 Å². The largest absolute Gasteiger partial charge is 0.359 e. The first-order valence-electron chi connectivity index (χ1n) is 6.38. The summed E-state index contributed by atoms with van der Waals surface area (Å²) in [7, 11) is 0. The maximum atomic E-state index is 12.2. The van der Waals surface area contributed by atoms with Crippen molar-refractivity contribution in [3.63, 3.8) is 0 Å². The van der Waals surface area contributed by atoms with Crippen molar-refractivity contribution in [1.82, 2.24) is 15.5 Å². The third-order valence-corrected chi connectivity index (χ3v) is 4.31. The summed E-state index contributed by atoms with van der Waals surface area (Å²) in [6.07, 6.45) is 2.48. The lowest BCUT2D eigenvalue weighted by molar-refractivity contribution is 0.237. The van der Waals surface area contributed by atoms with Crippen LogP contribution in [-0.2, 0) is 5.54 Å². The second-order valence-electron chi connectivity index (χ2n) is 4.80. The number of carbonyl (C=O) groups excluding carboxylic acids is 1. The monoisotopic (exact) mass is 294 g/mol. The van der Waals surface area contributed by atoms with E-state index < -0.39 is 5.54 Å². The SMILES string of the molecule is CCC(C)(NC(=O)Nc1c(C)noc1C)c1nccs1. The molecule has 108 valence electrons. The fourth-order valence-electron chi connectivity index (χ4n) is 1.85. The van der Waals surface area contributed by atoms with Gasteiger partial charge < -0.3 is 15.2 Å². The number of hydrogen-bond donors (Lipinski definition) is 2. The van der Waals surface area contributed by atoms with E-state index in [1.165, 1.54) is 11.3 Å². The molecule has 0 bridgehead atoms. The number of urea groups is 1. The molecule has 0 saturated carbocycles. The van der Waals surface area contributed by atoms with Crippen molar-refractivity contribution in [2.45, 2.75) is 39.7 Å². The first kappa shape index (κ1) is 14.5. The Hall–Kier alpha value is -1.89. The Kier molecular flexibility index (Phi) is 4.08. The van der Waals surface area contributed by atoms with Gasteiger partial charge in [-0.2, -0.15) is 0 Å². The molecule has 0 spiro atoms. The fraction of sp³-hybridized carbons (Fsp3) is 0.462. The van der Waals surface area contributed by atoms with Gasteiger partial charge in [0, 0.05) is 11.6 Å². The molecule has 2 aromatic heterocycles. The van der Waals surface area contributed by atoms with Crippen molar-refractivity contribution < 1.29 is 9.32 Å². The molecule has 2 amide bonds. The minimum atomic E-state index is -0.489. The number of amides is 2. The van der Waals surface area contributed by atoms with Crippen LogP contribution in [0, 0.1) is 13.8 Å². The van der Waals surface area contributed by atoms with Crippen molar-refractivity contribution in [2.24, 2.45) is 0 Å². The van der Waals surface area contributed by atoms with Gasteiger partial charge in [0.1, 0.15) is 16.4 Å². The molecular formula is C13H18N4O2S. The highest BCUT2D eigenvalue weighted by Crippen LogP contribution is 2.26. The molecule has 2 heterocycles. The van der Waals surface area contributed by atoms with E-state index in [4.69, 9.17) is 4.52 Å². The molecule has 2 N–H and O–H groups in total. The molecule has 7 heteroatoms. The molecule has 1 atom stereocenters. The van der Waals surface area contributed by atoms with E-state index in [1.54, 1.807) is 20.0 Å². The lowest BCUT2D eigenvalue weighted by Gasteiger charge is -2.27. The molecule has 0 saturated heterocycles. The van der Waals surface area contributed by atoms with Crippen molar-refractivity contribution in [2.75, 3.05) is 5.32 Å². The highest BCUT2D eigenvalue weighted by Gasteiger charge is 2.29. The molecule has 0 aliphatic carbocycles. The normalized spacial score (nSPS) is 13.8. The van der Waals surface area contributed by atoms with Gasteiger partial charge in [0.2, 0.25) is 0 Å². The molecule has 0 radical (unpaired) electrons. The Balaban J connectivity index is 2.11. The van der Waals surface area contributed by atoms with Crippen LogP contribution in [-0.4, -0.2) is 16.2 Å². The number of aryl methyl sites for hydroxylation is 2. The number of carbonyl (C=O) groups is 1. The van der Waals surface area contributed by atoms with Crippen molar-refractivity contribution in [3.05, 3.63) is 28.0 Å². The van der Waals surface area contributed by atoms with Crippen molar-refractivity contribution in [1.29, 1.82) is 0 Å². The number of rotatable bonds is 4. The quantitative estimate of drug-likeness (QED) is 0.907. The Morgan fingerprint density at radius 1 is 1.50 bits per heavy atom. The van der Waals surface area contributed by atoms with E-state index in [9.17, 15) is 4.79 Å². The van der Waals surface area contributed by atoms with E-state index in [1.807, 2.05) is 19.2 Å². The molecule has 2 rings (SSSR count). The number of nitrogens with one attached hydrogen (secondary N) is 2. The summed E-state index contributed by atoms with van der Waals surface area (Å²) in [6.45, 7) is 7.51.